The number of ether oxygens (including phenoxy) is 1. The number of rotatable bonds is 7. The molecule has 21 heavy (non-hydrogen) atoms. The molecule has 0 aromatic heterocycles. The van der Waals surface area contributed by atoms with Crippen LogP contribution in [0.15, 0.2) is 30.3 Å². The average molecular weight is 298 g/mol. The fraction of sp³-hybridized carbons (Fsp3) is 0.308. The Balaban J connectivity index is 2.75. The number of hydrogen-bond donors (Lipinski definition) is 4. The van der Waals surface area contributed by atoms with E-state index in [0.29, 0.717) is 5.56 Å². The van der Waals surface area contributed by atoms with Crippen LogP contribution in [0.25, 0.3) is 0 Å². The monoisotopic (exact) mass is 298 g/mol. The van der Waals surface area contributed by atoms with Gasteiger partial charge in [-0.2, -0.15) is 0 Å². The molecule has 0 fully saturated rings. The molecule has 2 unspecified atom stereocenters. The minimum absolute atomic E-state index is 0.250. The highest BCUT2D eigenvalue weighted by Crippen LogP contribution is 2.18. The molecule has 8 heteroatoms. The minimum Gasteiger partial charge on any atom is -0.481 e. The van der Waals surface area contributed by atoms with Crippen molar-refractivity contribution < 1.29 is 39.5 Å². The summed E-state index contributed by atoms with van der Waals surface area (Å²) in [5, 5.41) is 36.6. The smallest absolute Gasteiger partial charge is 0.339 e. The number of aliphatic carboxylic acids is 2. The minimum atomic E-state index is -3.15. The van der Waals surface area contributed by atoms with E-state index in [1.165, 1.54) is 0 Å². The zero-order valence-corrected chi connectivity index (χ0v) is 10.8. The molecule has 1 aromatic carbocycles. The Morgan fingerprint density at radius 3 is 2.19 bits per heavy atom. The molecule has 0 amide bonds. The summed E-state index contributed by atoms with van der Waals surface area (Å²) < 4.78 is 4.66. The van der Waals surface area contributed by atoms with Crippen molar-refractivity contribution in [2.75, 3.05) is 0 Å². The van der Waals surface area contributed by atoms with Crippen molar-refractivity contribution in [3.63, 3.8) is 0 Å². The second-order valence-corrected chi connectivity index (χ2v) is 4.30. The maximum absolute atomic E-state index is 11.6. The van der Waals surface area contributed by atoms with Crippen molar-refractivity contribution in [2.24, 2.45) is 0 Å². The van der Waals surface area contributed by atoms with Crippen LogP contribution in [0.2, 0.25) is 0 Å². The van der Waals surface area contributed by atoms with Crippen LogP contribution >= 0.6 is 0 Å². The number of aliphatic hydroxyl groups excluding tert-OH is 1. The number of carboxylic acid groups (broad SMARTS) is 2. The van der Waals surface area contributed by atoms with Gasteiger partial charge in [0.15, 0.2) is 6.10 Å². The van der Waals surface area contributed by atoms with Gasteiger partial charge in [0.05, 0.1) is 6.42 Å². The Bertz CT molecular complexity index is 526. The number of hydrogen-bond acceptors (Lipinski definition) is 6. The summed E-state index contributed by atoms with van der Waals surface area (Å²) in [6.45, 7) is -0.250. The summed E-state index contributed by atoms with van der Waals surface area (Å²) in [5.74, 6) is -5.14. The van der Waals surface area contributed by atoms with Gasteiger partial charge in [-0.05, 0) is 5.56 Å². The molecule has 1 aromatic rings. The third-order valence-electron chi connectivity index (χ3n) is 2.69. The highest BCUT2D eigenvalue weighted by molar-refractivity contribution is 5.91. The Morgan fingerprint density at radius 1 is 1.14 bits per heavy atom. The zero-order valence-electron chi connectivity index (χ0n) is 10.8. The number of esters is 1. The quantitative estimate of drug-likeness (QED) is 0.488. The van der Waals surface area contributed by atoms with Gasteiger partial charge in [-0.15, -0.1) is 0 Å². The predicted octanol–water partition coefficient (Wildman–Crippen LogP) is -0.619. The van der Waals surface area contributed by atoms with Crippen molar-refractivity contribution in [3.8, 4) is 0 Å². The first-order valence-electron chi connectivity index (χ1n) is 5.83. The molecule has 0 aliphatic heterocycles. The van der Waals surface area contributed by atoms with E-state index in [0.717, 1.165) is 0 Å². The summed E-state index contributed by atoms with van der Waals surface area (Å²) >= 11 is 0. The highest BCUT2D eigenvalue weighted by atomic mass is 16.6. The van der Waals surface area contributed by atoms with Crippen LogP contribution in [0.1, 0.15) is 12.0 Å². The largest absolute Gasteiger partial charge is 0.481 e. The van der Waals surface area contributed by atoms with Gasteiger partial charge in [0.25, 0.3) is 0 Å². The van der Waals surface area contributed by atoms with Crippen LogP contribution in [0, 0.1) is 0 Å². The van der Waals surface area contributed by atoms with Crippen LogP contribution in [0.3, 0.4) is 0 Å². The van der Waals surface area contributed by atoms with E-state index in [4.69, 9.17) is 10.2 Å². The van der Waals surface area contributed by atoms with E-state index in [1.807, 2.05) is 0 Å². The summed E-state index contributed by atoms with van der Waals surface area (Å²) in [7, 11) is 0. The van der Waals surface area contributed by atoms with Gasteiger partial charge in [0.2, 0.25) is 5.60 Å². The lowest BCUT2D eigenvalue weighted by Gasteiger charge is -2.25. The Morgan fingerprint density at radius 2 is 1.71 bits per heavy atom. The molecule has 0 saturated carbocycles. The van der Waals surface area contributed by atoms with Crippen molar-refractivity contribution in [1.29, 1.82) is 0 Å². The third-order valence-corrected chi connectivity index (χ3v) is 2.69. The van der Waals surface area contributed by atoms with E-state index in [-0.39, 0.29) is 6.61 Å². The second-order valence-electron chi connectivity index (χ2n) is 4.30. The van der Waals surface area contributed by atoms with E-state index in [2.05, 4.69) is 4.74 Å². The van der Waals surface area contributed by atoms with Crippen LogP contribution in [0.5, 0.6) is 0 Å². The molecule has 0 aliphatic carbocycles. The first-order valence-corrected chi connectivity index (χ1v) is 5.83. The normalized spacial score (nSPS) is 14.8. The predicted molar refractivity (Wildman–Crippen MR) is 67.1 cm³/mol. The van der Waals surface area contributed by atoms with E-state index in [1.54, 1.807) is 30.3 Å². The molecule has 4 N–H and O–H groups in total. The molecule has 0 bridgehead atoms. The molecular formula is C13H14O8. The van der Waals surface area contributed by atoms with E-state index >= 15 is 0 Å². The van der Waals surface area contributed by atoms with Crippen LogP contribution in [-0.4, -0.2) is 50.0 Å². The van der Waals surface area contributed by atoms with E-state index < -0.39 is 36.0 Å². The van der Waals surface area contributed by atoms with Gasteiger partial charge < -0.3 is 25.2 Å². The molecule has 114 valence electrons. The lowest BCUT2D eigenvalue weighted by Crippen LogP contribution is -2.54. The fourth-order valence-electron chi connectivity index (χ4n) is 1.52. The Labute approximate surface area is 119 Å². The average Bonchev–Trinajstić information content (AvgIpc) is 2.44. The highest BCUT2D eigenvalue weighted by Gasteiger charge is 2.50. The topological polar surface area (TPSA) is 141 Å². The maximum atomic E-state index is 11.6. The fourth-order valence-corrected chi connectivity index (χ4v) is 1.52. The third kappa shape index (κ3) is 4.26. The molecule has 0 radical (unpaired) electrons. The molecular weight excluding hydrogens is 284 g/mol. The van der Waals surface area contributed by atoms with Gasteiger partial charge in [0.1, 0.15) is 6.61 Å². The molecule has 0 aliphatic rings. The van der Waals surface area contributed by atoms with Gasteiger partial charge >= 0.3 is 17.9 Å². The van der Waals surface area contributed by atoms with Crippen molar-refractivity contribution in [2.45, 2.75) is 24.7 Å². The standard InChI is InChI=1S/C13H14O8/c14-9(15)6-13(20,12(18)19)10(16)11(17)21-7-8-4-2-1-3-5-8/h1-5,10,16,20H,6-7H2,(H,14,15)(H,18,19). The molecule has 0 heterocycles. The number of carboxylic acids is 2. The van der Waals surface area contributed by atoms with Crippen molar-refractivity contribution in [3.05, 3.63) is 35.9 Å². The Kier molecular flexibility index (Phi) is 5.39. The number of carbonyl (C=O) groups is 3. The molecule has 1 rings (SSSR count). The number of carbonyl (C=O) groups excluding carboxylic acids is 1. The summed E-state index contributed by atoms with van der Waals surface area (Å²) in [4.78, 5) is 33.0. The van der Waals surface area contributed by atoms with Gasteiger partial charge in [-0.3, -0.25) is 4.79 Å². The van der Waals surface area contributed by atoms with Crippen LogP contribution < -0.4 is 0 Å². The van der Waals surface area contributed by atoms with Crippen molar-refractivity contribution in [1.82, 2.24) is 0 Å². The second kappa shape index (κ2) is 6.82. The van der Waals surface area contributed by atoms with Gasteiger partial charge in [-0.25, -0.2) is 9.59 Å². The maximum Gasteiger partial charge on any atom is 0.339 e. The molecule has 0 spiro atoms. The van der Waals surface area contributed by atoms with Gasteiger partial charge in [0, 0.05) is 0 Å². The zero-order chi connectivity index (χ0) is 16.0. The molecule has 0 saturated heterocycles. The van der Waals surface area contributed by atoms with E-state index in [9.17, 15) is 24.6 Å². The summed E-state index contributed by atoms with van der Waals surface area (Å²) in [5.41, 5.74) is -2.57. The van der Waals surface area contributed by atoms with Crippen LogP contribution in [0.4, 0.5) is 0 Å². The first kappa shape index (κ1) is 16.6. The molecule has 8 nitrogen and oxygen atoms in total. The number of aliphatic hydroxyl groups is 2. The SMILES string of the molecule is O=C(O)CC(O)(C(=O)O)C(O)C(=O)OCc1ccccc1. The van der Waals surface area contributed by atoms with Crippen molar-refractivity contribution >= 4 is 17.9 Å². The summed E-state index contributed by atoms with van der Waals surface area (Å²) in [6.07, 6.45) is -3.86. The lowest BCUT2D eigenvalue weighted by molar-refractivity contribution is -0.190. The lowest BCUT2D eigenvalue weighted by atomic mass is 9.93. The van der Waals surface area contributed by atoms with Gasteiger partial charge in [-0.1, -0.05) is 30.3 Å². The Hall–Kier alpha value is -2.45. The summed E-state index contributed by atoms with van der Waals surface area (Å²) in [6, 6.07) is 8.34. The van der Waals surface area contributed by atoms with Crippen LogP contribution in [-0.2, 0) is 25.7 Å². The first-order chi connectivity index (χ1) is 9.77. The molecule has 2 atom stereocenters. The number of benzene rings is 1.